The summed E-state index contributed by atoms with van der Waals surface area (Å²) in [6, 6.07) is 3.57. The van der Waals surface area contributed by atoms with E-state index in [0.717, 1.165) is 5.69 Å². The third kappa shape index (κ3) is 3.30. The van der Waals surface area contributed by atoms with Crippen LogP contribution in [-0.4, -0.2) is 41.6 Å². The highest BCUT2D eigenvalue weighted by Crippen LogP contribution is 2.24. The fourth-order valence-corrected chi connectivity index (χ4v) is 2.41. The monoisotopic (exact) mass is 296 g/mol. The molecule has 2 rings (SSSR count). The Kier molecular flexibility index (Phi) is 4.35. The van der Waals surface area contributed by atoms with E-state index in [9.17, 15) is 4.79 Å². The number of halogens is 1. The molecule has 1 aromatic heterocycles. The van der Waals surface area contributed by atoms with Crippen LogP contribution in [0.1, 0.15) is 43.7 Å². The van der Waals surface area contributed by atoms with Crippen LogP contribution in [-0.2, 0) is 10.2 Å². The smallest absolute Gasteiger partial charge is 0.254 e. The first-order chi connectivity index (χ1) is 9.29. The van der Waals surface area contributed by atoms with Crippen molar-refractivity contribution in [3.05, 3.63) is 28.5 Å². The van der Waals surface area contributed by atoms with Crippen molar-refractivity contribution in [2.45, 2.75) is 39.2 Å². The summed E-state index contributed by atoms with van der Waals surface area (Å²) in [6.07, 6.45) is 0. The molecule has 0 aliphatic carbocycles. The lowest BCUT2D eigenvalue weighted by molar-refractivity contribution is 0.00358. The average molecular weight is 297 g/mol. The predicted molar refractivity (Wildman–Crippen MR) is 79.3 cm³/mol. The Hall–Kier alpha value is -1.13. The van der Waals surface area contributed by atoms with E-state index in [1.807, 2.05) is 17.9 Å². The zero-order chi connectivity index (χ0) is 14.9. The third-order valence-corrected chi connectivity index (χ3v) is 3.63. The number of hydrogen-bond donors (Lipinski definition) is 0. The van der Waals surface area contributed by atoms with Gasteiger partial charge in [-0.1, -0.05) is 32.4 Å². The van der Waals surface area contributed by atoms with Crippen LogP contribution in [0, 0.1) is 0 Å². The summed E-state index contributed by atoms with van der Waals surface area (Å²) in [5.41, 5.74) is 1.29. The van der Waals surface area contributed by atoms with Crippen molar-refractivity contribution in [2.75, 3.05) is 19.8 Å². The molecule has 1 saturated heterocycles. The second kappa shape index (κ2) is 5.70. The normalized spacial score (nSPS) is 20.1. The third-order valence-electron chi connectivity index (χ3n) is 3.44. The fraction of sp³-hybridized carbons (Fsp3) is 0.600. The van der Waals surface area contributed by atoms with Crippen LogP contribution >= 0.6 is 11.6 Å². The Bertz CT molecular complexity index is 511. The molecule has 1 atom stereocenters. The van der Waals surface area contributed by atoms with Gasteiger partial charge in [-0.2, -0.15) is 0 Å². The van der Waals surface area contributed by atoms with Crippen molar-refractivity contribution in [3.8, 4) is 0 Å². The molecule has 0 bridgehead atoms. The van der Waals surface area contributed by atoms with Crippen LogP contribution in [0.2, 0.25) is 5.15 Å². The molecule has 0 radical (unpaired) electrons. The zero-order valence-electron chi connectivity index (χ0n) is 12.4. The van der Waals surface area contributed by atoms with Crippen molar-refractivity contribution in [1.82, 2.24) is 9.88 Å². The standard InChI is InChI=1S/C15H21ClN2O2/c1-10-9-20-6-5-18(10)14(19)11-7-12(15(2,3)4)17-13(16)8-11/h7-8,10H,5-6,9H2,1-4H3/t10-/m1/s1. The molecule has 5 heteroatoms. The molecule has 1 aliphatic rings. The maximum Gasteiger partial charge on any atom is 0.254 e. The largest absolute Gasteiger partial charge is 0.377 e. The Morgan fingerprint density at radius 1 is 1.45 bits per heavy atom. The van der Waals surface area contributed by atoms with Gasteiger partial charge in [0.05, 0.1) is 19.3 Å². The van der Waals surface area contributed by atoms with E-state index >= 15 is 0 Å². The molecule has 1 aromatic rings. The SMILES string of the molecule is C[C@@H]1COCCN1C(=O)c1cc(Cl)nc(C(C)(C)C)c1. The molecule has 0 saturated carbocycles. The van der Waals surface area contributed by atoms with E-state index in [-0.39, 0.29) is 17.4 Å². The minimum atomic E-state index is -0.142. The molecule has 1 amide bonds. The van der Waals surface area contributed by atoms with Gasteiger partial charge in [-0.3, -0.25) is 4.79 Å². The number of pyridine rings is 1. The van der Waals surface area contributed by atoms with Gasteiger partial charge in [0.15, 0.2) is 0 Å². The van der Waals surface area contributed by atoms with Gasteiger partial charge in [-0.05, 0) is 19.1 Å². The molecule has 1 fully saturated rings. The van der Waals surface area contributed by atoms with Crippen molar-refractivity contribution >= 4 is 17.5 Å². The summed E-state index contributed by atoms with van der Waals surface area (Å²) >= 11 is 6.07. The van der Waals surface area contributed by atoms with E-state index in [0.29, 0.717) is 30.5 Å². The quantitative estimate of drug-likeness (QED) is 0.748. The van der Waals surface area contributed by atoms with Crippen molar-refractivity contribution in [3.63, 3.8) is 0 Å². The molecular weight excluding hydrogens is 276 g/mol. The van der Waals surface area contributed by atoms with Crippen molar-refractivity contribution in [2.24, 2.45) is 0 Å². The molecule has 2 heterocycles. The maximum atomic E-state index is 12.6. The first-order valence-corrected chi connectivity index (χ1v) is 7.23. The van der Waals surface area contributed by atoms with Gasteiger partial charge in [-0.15, -0.1) is 0 Å². The number of hydrogen-bond acceptors (Lipinski definition) is 3. The highest BCUT2D eigenvalue weighted by Gasteiger charge is 2.26. The summed E-state index contributed by atoms with van der Waals surface area (Å²) in [7, 11) is 0. The number of nitrogens with zero attached hydrogens (tertiary/aromatic N) is 2. The van der Waals surface area contributed by atoms with Gasteiger partial charge in [0.1, 0.15) is 5.15 Å². The number of carbonyl (C=O) groups is 1. The summed E-state index contributed by atoms with van der Waals surface area (Å²) in [5, 5.41) is 0.363. The van der Waals surface area contributed by atoms with E-state index in [1.54, 1.807) is 6.07 Å². The van der Waals surface area contributed by atoms with Crippen LogP contribution in [0.3, 0.4) is 0 Å². The Labute approximate surface area is 125 Å². The Morgan fingerprint density at radius 2 is 2.15 bits per heavy atom. The lowest BCUT2D eigenvalue weighted by Gasteiger charge is -2.33. The van der Waals surface area contributed by atoms with Gasteiger partial charge in [0.2, 0.25) is 0 Å². The molecule has 0 unspecified atom stereocenters. The van der Waals surface area contributed by atoms with Gasteiger partial charge in [-0.25, -0.2) is 4.98 Å². The molecule has 20 heavy (non-hydrogen) atoms. The van der Waals surface area contributed by atoms with E-state index in [4.69, 9.17) is 16.3 Å². The number of amides is 1. The van der Waals surface area contributed by atoms with Crippen LogP contribution in [0.25, 0.3) is 0 Å². The summed E-state index contributed by atoms with van der Waals surface area (Å²) in [6.45, 7) is 9.93. The van der Waals surface area contributed by atoms with Gasteiger partial charge in [0, 0.05) is 23.2 Å². The summed E-state index contributed by atoms with van der Waals surface area (Å²) in [4.78, 5) is 18.8. The molecule has 0 aromatic carbocycles. The molecule has 1 aliphatic heterocycles. The van der Waals surface area contributed by atoms with Gasteiger partial charge in [0.25, 0.3) is 5.91 Å². The summed E-state index contributed by atoms with van der Waals surface area (Å²) < 4.78 is 5.37. The molecule has 110 valence electrons. The van der Waals surface area contributed by atoms with E-state index < -0.39 is 0 Å². The van der Waals surface area contributed by atoms with Crippen LogP contribution in [0.4, 0.5) is 0 Å². The number of rotatable bonds is 1. The minimum Gasteiger partial charge on any atom is -0.377 e. The number of carbonyl (C=O) groups excluding carboxylic acids is 1. The lowest BCUT2D eigenvalue weighted by atomic mass is 9.90. The van der Waals surface area contributed by atoms with Crippen molar-refractivity contribution < 1.29 is 9.53 Å². The first kappa shape index (κ1) is 15.3. The highest BCUT2D eigenvalue weighted by molar-refractivity contribution is 6.29. The maximum absolute atomic E-state index is 12.6. The molecule has 0 N–H and O–H groups in total. The van der Waals surface area contributed by atoms with E-state index in [1.165, 1.54) is 0 Å². The molecule has 4 nitrogen and oxygen atoms in total. The average Bonchev–Trinajstić information content (AvgIpc) is 2.37. The van der Waals surface area contributed by atoms with Crippen molar-refractivity contribution in [1.29, 1.82) is 0 Å². The topological polar surface area (TPSA) is 42.4 Å². The molecular formula is C15H21ClN2O2. The fourth-order valence-electron chi connectivity index (χ4n) is 2.20. The number of aromatic nitrogens is 1. The Morgan fingerprint density at radius 3 is 2.75 bits per heavy atom. The van der Waals surface area contributed by atoms with Gasteiger partial charge < -0.3 is 9.64 Å². The minimum absolute atomic E-state index is 0.00407. The highest BCUT2D eigenvalue weighted by atomic mass is 35.5. The van der Waals surface area contributed by atoms with Gasteiger partial charge >= 0.3 is 0 Å². The second-order valence-electron chi connectivity index (χ2n) is 6.24. The second-order valence-corrected chi connectivity index (χ2v) is 6.62. The van der Waals surface area contributed by atoms with E-state index in [2.05, 4.69) is 25.8 Å². The molecule has 0 spiro atoms. The predicted octanol–water partition coefficient (Wildman–Crippen LogP) is 2.89. The number of morpholine rings is 1. The first-order valence-electron chi connectivity index (χ1n) is 6.86. The van der Waals surface area contributed by atoms with Crippen LogP contribution in [0.5, 0.6) is 0 Å². The van der Waals surface area contributed by atoms with Crippen LogP contribution in [0.15, 0.2) is 12.1 Å². The summed E-state index contributed by atoms with van der Waals surface area (Å²) in [5.74, 6) is -0.00407. The zero-order valence-corrected chi connectivity index (χ0v) is 13.2. The van der Waals surface area contributed by atoms with Crippen LogP contribution < -0.4 is 0 Å². The number of ether oxygens (including phenoxy) is 1. The lowest BCUT2D eigenvalue weighted by Crippen LogP contribution is -2.47. The Balaban J connectivity index is 2.32.